The Balaban J connectivity index is 4.41. The molecule has 0 aromatic heterocycles. The van der Waals surface area contributed by atoms with Gasteiger partial charge in [0.25, 0.3) is 0 Å². The van der Waals surface area contributed by atoms with Crippen LogP contribution >= 0.6 is 0 Å². The Kier molecular flexibility index (Phi) is 61.8. The van der Waals surface area contributed by atoms with Crippen LogP contribution < -0.4 is 0 Å². The maximum atomic E-state index is 12.9. The molecular formula is C72H120O6. The van der Waals surface area contributed by atoms with Gasteiger partial charge in [0.15, 0.2) is 6.10 Å². The number of carbonyl (C=O) groups is 3. The quantitative estimate of drug-likeness (QED) is 0.0261. The van der Waals surface area contributed by atoms with Crippen LogP contribution in [-0.4, -0.2) is 37.2 Å². The Morgan fingerprint density at radius 2 is 0.500 bits per heavy atom. The van der Waals surface area contributed by atoms with E-state index in [1.54, 1.807) is 0 Å². The summed E-state index contributed by atoms with van der Waals surface area (Å²) in [5, 5.41) is 0. The van der Waals surface area contributed by atoms with E-state index in [0.717, 1.165) is 128 Å². The molecule has 6 nitrogen and oxygen atoms in total. The molecule has 78 heavy (non-hydrogen) atoms. The summed E-state index contributed by atoms with van der Waals surface area (Å²) >= 11 is 0. The third kappa shape index (κ3) is 62.7. The van der Waals surface area contributed by atoms with Gasteiger partial charge in [-0.2, -0.15) is 0 Å². The zero-order chi connectivity index (χ0) is 56.4. The maximum Gasteiger partial charge on any atom is 0.306 e. The van der Waals surface area contributed by atoms with Crippen molar-refractivity contribution >= 4 is 17.9 Å². The summed E-state index contributed by atoms with van der Waals surface area (Å²) in [6.45, 7) is 6.49. The van der Waals surface area contributed by atoms with Crippen molar-refractivity contribution in [2.75, 3.05) is 13.2 Å². The van der Waals surface area contributed by atoms with Crippen LogP contribution in [0.15, 0.2) is 122 Å². The van der Waals surface area contributed by atoms with Gasteiger partial charge in [0.1, 0.15) is 13.2 Å². The smallest absolute Gasteiger partial charge is 0.306 e. The topological polar surface area (TPSA) is 78.9 Å². The van der Waals surface area contributed by atoms with Crippen molar-refractivity contribution < 1.29 is 28.6 Å². The normalized spacial score (nSPS) is 12.9. The summed E-state index contributed by atoms with van der Waals surface area (Å²) in [6.07, 6.45) is 90.6. The van der Waals surface area contributed by atoms with Gasteiger partial charge in [-0.3, -0.25) is 14.4 Å². The zero-order valence-electron chi connectivity index (χ0n) is 50.9. The van der Waals surface area contributed by atoms with Crippen molar-refractivity contribution in [3.63, 3.8) is 0 Å². The van der Waals surface area contributed by atoms with Crippen molar-refractivity contribution in [1.82, 2.24) is 0 Å². The van der Waals surface area contributed by atoms with Crippen LogP contribution in [0.3, 0.4) is 0 Å². The monoisotopic (exact) mass is 1080 g/mol. The fraction of sp³-hybridized carbons (Fsp3) is 0.681. The number of rotatable bonds is 58. The van der Waals surface area contributed by atoms with Gasteiger partial charge in [-0.25, -0.2) is 0 Å². The molecule has 0 aromatic carbocycles. The Bertz CT molecular complexity index is 1620. The van der Waals surface area contributed by atoms with Gasteiger partial charge in [-0.1, -0.05) is 284 Å². The molecule has 0 amide bonds. The summed E-state index contributed by atoms with van der Waals surface area (Å²) in [4.78, 5) is 38.3. The summed E-state index contributed by atoms with van der Waals surface area (Å²) in [7, 11) is 0. The molecule has 0 bridgehead atoms. The van der Waals surface area contributed by atoms with E-state index in [4.69, 9.17) is 14.2 Å². The fourth-order valence-corrected chi connectivity index (χ4v) is 8.84. The molecule has 0 saturated heterocycles. The average molecular weight is 1080 g/mol. The number of unbranched alkanes of at least 4 members (excludes halogenated alkanes) is 27. The summed E-state index contributed by atoms with van der Waals surface area (Å²) < 4.78 is 16.9. The van der Waals surface area contributed by atoms with Crippen LogP contribution in [0.2, 0.25) is 0 Å². The van der Waals surface area contributed by atoms with Gasteiger partial charge < -0.3 is 14.2 Å². The van der Waals surface area contributed by atoms with Gasteiger partial charge >= 0.3 is 17.9 Å². The largest absolute Gasteiger partial charge is 0.462 e. The second-order valence-corrected chi connectivity index (χ2v) is 21.3. The highest BCUT2D eigenvalue weighted by molar-refractivity contribution is 5.71. The predicted molar refractivity (Wildman–Crippen MR) is 339 cm³/mol. The third-order valence-electron chi connectivity index (χ3n) is 13.7. The SMILES string of the molecule is CC/C=C\C/C=C\C/C=C\C/C=C\C/C=C\C/C=C\C/C=C\CCCCCC(=O)OCC(COC(=O)CCCCCCCCCCCCCC)OC(=O)CCCCCCCCCC/C=C\C/C=C\C/C=C\CCCCCCC. The molecule has 0 fully saturated rings. The number of ether oxygens (including phenoxy) is 3. The predicted octanol–water partition coefficient (Wildman–Crippen LogP) is 22.4. The van der Waals surface area contributed by atoms with E-state index in [9.17, 15) is 14.4 Å². The van der Waals surface area contributed by atoms with Gasteiger partial charge in [0.2, 0.25) is 0 Å². The molecule has 1 unspecified atom stereocenters. The molecule has 0 rings (SSSR count). The minimum Gasteiger partial charge on any atom is -0.462 e. The lowest BCUT2D eigenvalue weighted by Crippen LogP contribution is -2.30. The second kappa shape index (κ2) is 65.3. The molecule has 6 heteroatoms. The average Bonchev–Trinajstić information content (AvgIpc) is 3.44. The van der Waals surface area contributed by atoms with E-state index in [1.165, 1.54) is 128 Å². The van der Waals surface area contributed by atoms with E-state index < -0.39 is 6.10 Å². The molecule has 1 atom stereocenters. The highest BCUT2D eigenvalue weighted by Gasteiger charge is 2.19. The van der Waals surface area contributed by atoms with E-state index in [2.05, 4.69) is 142 Å². The van der Waals surface area contributed by atoms with Gasteiger partial charge in [-0.05, 0) is 116 Å². The molecule has 0 heterocycles. The lowest BCUT2D eigenvalue weighted by atomic mass is 10.0. The fourth-order valence-electron chi connectivity index (χ4n) is 8.84. The maximum absolute atomic E-state index is 12.9. The van der Waals surface area contributed by atoms with Gasteiger partial charge in [0, 0.05) is 19.3 Å². The van der Waals surface area contributed by atoms with Crippen LogP contribution in [-0.2, 0) is 28.6 Å². The van der Waals surface area contributed by atoms with Crippen LogP contribution in [0, 0.1) is 0 Å². The van der Waals surface area contributed by atoms with Crippen molar-refractivity contribution in [1.29, 1.82) is 0 Å². The number of allylic oxidation sites excluding steroid dienone is 20. The first-order chi connectivity index (χ1) is 38.5. The number of carbonyl (C=O) groups excluding carboxylic acids is 3. The molecule has 0 spiro atoms. The molecule has 0 aliphatic carbocycles. The number of hydrogen-bond acceptors (Lipinski definition) is 6. The molecule has 0 radical (unpaired) electrons. The van der Waals surface area contributed by atoms with E-state index in [-0.39, 0.29) is 31.1 Å². The highest BCUT2D eigenvalue weighted by atomic mass is 16.6. The lowest BCUT2D eigenvalue weighted by molar-refractivity contribution is -0.167. The van der Waals surface area contributed by atoms with Crippen molar-refractivity contribution in [2.24, 2.45) is 0 Å². The first kappa shape index (κ1) is 73.8. The van der Waals surface area contributed by atoms with Gasteiger partial charge in [-0.15, -0.1) is 0 Å². The summed E-state index contributed by atoms with van der Waals surface area (Å²) in [6, 6.07) is 0. The molecular weight excluding hydrogens is 961 g/mol. The lowest BCUT2D eigenvalue weighted by Gasteiger charge is -2.18. The molecule has 0 saturated carbocycles. The van der Waals surface area contributed by atoms with Crippen molar-refractivity contribution in [3.8, 4) is 0 Å². The Morgan fingerprint density at radius 1 is 0.269 bits per heavy atom. The molecule has 0 aliphatic heterocycles. The first-order valence-corrected chi connectivity index (χ1v) is 32.5. The van der Waals surface area contributed by atoms with Crippen LogP contribution in [0.1, 0.15) is 297 Å². The zero-order valence-corrected chi connectivity index (χ0v) is 50.9. The Hall–Kier alpha value is -4.19. The van der Waals surface area contributed by atoms with Crippen molar-refractivity contribution in [2.45, 2.75) is 303 Å². The molecule has 0 N–H and O–H groups in total. The van der Waals surface area contributed by atoms with Gasteiger partial charge in [0.05, 0.1) is 0 Å². The van der Waals surface area contributed by atoms with E-state index in [1.807, 2.05) is 0 Å². The molecule has 444 valence electrons. The standard InChI is InChI=1S/C72H120O6/c1-4-7-10-13-16-19-22-25-27-29-31-33-35-36-38-39-41-43-45-47-50-53-56-59-62-65-71(74)77-68-69(67-76-70(73)64-61-58-55-52-49-24-21-18-15-12-9-6-3)78-72(75)66-63-60-57-54-51-48-46-44-42-40-37-34-32-30-28-26-23-20-17-14-11-8-5-2/h7,10,16,19,23,25-27,30-33,36-38,40-41,43,47,50,69H,4-6,8-9,11-15,17-18,20-22,24,28-29,34-35,39,42,44-46,48-49,51-68H2,1-3H3/b10-7-,19-16-,26-23-,27-25-,32-30-,33-31-,38-36-,40-37-,43-41-,50-47-. The van der Waals surface area contributed by atoms with E-state index in [0.29, 0.717) is 19.3 Å². The molecule has 0 aliphatic rings. The third-order valence-corrected chi connectivity index (χ3v) is 13.7. The van der Waals surface area contributed by atoms with E-state index >= 15 is 0 Å². The highest BCUT2D eigenvalue weighted by Crippen LogP contribution is 2.15. The first-order valence-electron chi connectivity index (χ1n) is 32.5. The van der Waals surface area contributed by atoms with Crippen molar-refractivity contribution in [3.05, 3.63) is 122 Å². The summed E-state index contributed by atoms with van der Waals surface area (Å²) in [5.74, 6) is -0.929. The van der Waals surface area contributed by atoms with Crippen LogP contribution in [0.4, 0.5) is 0 Å². The Labute approximate surface area is 482 Å². The van der Waals surface area contributed by atoms with Crippen LogP contribution in [0.5, 0.6) is 0 Å². The number of esters is 3. The molecule has 0 aromatic rings. The number of hydrogen-bond donors (Lipinski definition) is 0. The summed E-state index contributed by atoms with van der Waals surface area (Å²) in [5.41, 5.74) is 0. The minimum absolute atomic E-state index is 0.0922. The second-order valence-electron chi connectivity index (χ2n) is 21.3. The Morgan fingerprint density at radius 3 is 0.795 bits per heavy atom. The minimum atomic E-state index is -0.799. The van der Waals surface area contributed by atoms with Crippen LogP contribution in [0.25, 0.3) is 0 Å².